The van der Waals surface area contributed by atoms with Crippen molar-refractivity contribution < 1.29 is 13.9 Å². The van der Waals surface area contributed by atoms with E-state index in [2.05, 4.69) is 26.3 Å². The van der Waals surface area contributed by atoms with Crippen LogP contribution in [-0.2, 0) is 13.7 Å². The average Bonchev–Trinajstić information content (AvgIpc) is 3.22. The summed E-state index contributed by atoms with van der Waals surface area (Å²) >= 11 is 3.40. The lowest BCUT2D eigenvalue weighted by Gasteiger charge is -2.06. The maximum Gasteiger partial charge on any atom is 0.292 e. The molecule has 0 aliphatic heterocycles. The fourth-order valence-corrected chi connectivity index (χ4v) is 2.52. The molecule has 1 N–H and O–H groups in total. The van der Waals surface area contributed by atoms with Crippen molar-refractivity contribution in [3.8, 4) is 11.8 Å². The van der Waals surface area contributed by atoms with Gasteiger partial charge in [-0.3, -0.25) is 9.48 Å². The van der Waals surface area contributed by atoms with E-state index in [4.69, 9.17) is 14.4 Å². The number of hydrogen-bond donors (Lipinski definition) is 1. The zero-order valence-electron chi connectivity index (χ0n) is 13.2. The van der Waals surface area contributed by atoms with Gasteiger partial charge < -0.3 is 14.5 Å². The van der Waals surface area contributed by atoms with Crippen molar-refractivity contribution in [2.24, 2.45) is 7.05 Å². The highest BCUT2D eigenvalue weighted by molar-refractivity contribution is 9.10. The highest BCUT2D eigenvalue weighted by Crippen LogP contribution is 2.25. The minimum absolute atomic E-state index is 0.121. The van der Waals surface area contributed by atoms with E-state index in [0.29, 0.717) is 17.3 Å². The number of halogens is 1. The number of hydrogen-bond acceptors (Lipinski definition) is 5. The molecular formula is C17H13BrN4O3. The zero-order chi connectivity index (χ0) is 17.8. The van der Waals surface area contributed by atoms with Gasteiger partial charge in [0.2, 0.25) is 0 Å². The number of furan rings is 1. The second-order valence-corrected chi connectivity index (χ2v) is 5.94. The molecule has 1 aromatic carbocycles. The van der Waals surface area contributed by atoms with Crippen LogP contribution in [-0.4, -0.2) is 15.7 Å². The topological polar surface area (TPSA) is 93.1 Å². The molecule has 7 nitrogen and oxygen atoms in total. The van der Waals surface area contributed by atoms with Gasteiger partial charge in [-0.05, 0) is 40.2 Å². The van der Waals surface area contributed by atoms with Gasteiger partial charge in [-0.15, -0.1) is 0 Å². The predicted molar refractivity (Wildman–Crippen MR) is 93.1 cm³/mol. The summed E-state index contributed by atoms with van der Waals surface area (Å²) in [7, 11) is 1.63. The van der Waals surface area contributed by atoms with Gasteiger partial charge in [0.15, 0.2) is 5.76 Å². The van der Waals surface area contributed by atoms with Crippen LogP contribution in [0.2, 0.25) is 0 Å². The van der Waals surface area contributed by atoms with Crippen LogP contribution in [0, 0.1) is 11.3 Å². The van der Waals surface area contributed by atoms with E-state index in [0.717, 1.165) is 4.47 Å². The summed E-state index contributed by atoms with van der Waals surface area (Å²) in [5.41, 5.74) is 0.278. The molecule has 3 rings (SSSR count). The van der Waals surface area contributed by atoms with Crippen molar-refractivity contribution >= 4 is 27.7 Å². The second-order valence-electron chi connectivity index (χ2n) is 5.08. The van der Waals surface area contributed by atoms with Gasteiger partial charge in [0.05, 0.1) is 10.7 Å². The first kappa shape index (κ1) is 16.8. The molecule has 0 radical (unpaired) electrons. The maximum atomic E-state index is 12.3. The molecule has 0 saturated heterocycles. The van der Waals surface area contributed by atoms with E-state index >= 15 is 0 Å². The summed E-state index contributed by atoms with van der Waals surface area (Å²) in [4.78, 5) is 12.3. The van der Waals surface area contributed by atoms with Crippen LogP contribution >= 0.6 is 15.9 Å². The Bertz CT molecular complexity index is 955. The second kappa shape index (κ2) is 7.23. The number of carbonyl (C=O) groups excluding carboxylic acids is 1. The number of nitrogens with zero attached hydrogens (tertiary/aromatic N) is 3. The quantitative estimate of drug-likeness (QED) is 0.707. The first-order valence-corrected chi connectivity index (χ1v) is 8.07. The zero-order valence-corrected chi connectivity index (χ0v) is 14.8. The molecule has 25 heavy (non-hydrogen) atoms. The van der Waals surface area contributed by atoms with E-state index in [1.807, 2.05) is 30.3 Å². The number of para-hydroxylation sites is 1. The van der Waals surface area contributed by atoms with E-state index in [1.165, 1.54) is 10.9 Å². The third-order valence-electron chi connectivity index (χ3n) is 3.38. The number of aryl methyl sites for hydroxylation is 1. The van der Waals surface area contributed by atoms with Crippen molar-refractivity contribution in [3.05, 3.63) is 64.2 Å². The smallest absolute Gasteiger partial charge is 0.292 e. The number of amides is 1. The molecule has 2 aromatic heterocycles. The summed E-state index contributed by atoms with van der Waals surface area (Å²) in [6, 6.07) is 12.6. The number of nitriles is 1. The van der Waals surface area contributed by atoms with E-state index < -0.39 is 5.91 Å². The Kier molecular flexibility index (Phi) is 4.86. The molecule has 0 spiro atoms. The minimum atomic E-state index is -0.466. The van der Waals surface area contributed by atoms with Crippen LogP contribution in [0.25, 0.3) is 0 Å². The van der Waals surface area contributed by atoms with Crippen molar-refractivity contribution in [2.75, 3.05) is 5.32 Å². The molecule has 0 aliphatic rings. The van der Waals surface area contributed by atoms with Gasteiger partial charge in [-0.25, -0.2) is 0 Å². The summed E-state index contributed by atoms with van der Waals surface area (Å²) in [5.74, 6) is 1.16. The Balaban J connectivity index is 1.67. The summed E-state index contributed by atoms with van der Waals surface area (Å²) in [5, 5.41) is 15.6. The Hall–Kier alpha value is -3.05. The van der Waals surface area contributed by atoms with Gasteiger partial charge in [0, 0.05) is 7.05 Å². The van der Waals surface area contributed by atoms with Gasteiger partial charge in [0.1, 0.15) is 35.6 Å². The standard InChI is InChI=1S/C17H13BrN4O3/c1-22-16(11(8-19)9-20-22)21-17(23)15-7-6-12(25-15)10-24-14-5-3-2-4-13(14)18/h2-7,9H,10H2,1H3,(H,21,23). The van der Waals surface area contributed by atoms with Gasteiger partial charge in [-0.1, -0.05) is 12.1 Å². The molecule has 126 valence electrons. The average molecular weight is 401 g/mol. The van der Waals surface area contributed by atoms with E-state index in [9.17, 15) is 4.79 Å². The monoisotopic (exact) mass is 400 g/mol. The fraction of sp³-hybridized carbons (Fsp3) is 0.118. The first-order valence-electron chi connectivity index (χ1n) is 7.28. The number of aromatic nitrogens is 2. The SMILES string of the molecule is Cn1ncc(C#N)c1NC(=O)c1ccc(COc2ccccc2Br)o1. The highest BCUT2D eigenvalue weighted by atomic mass is 79.9. The molecule has 0 bridgehead atoms. The third-order valence-corrected chi connectivity index (χ3v) is 4.04. The van der Waals surface area contributed by atoms with Crippen molar-refractivity contribution in [2.45, 2.75) is 6.61 Å². The van der Waals surface area contributed by atoms with E-state index in [1.54, 1.807) is 19.2 Å². The highest BCUT2D eigenvalue weighted by Gasteiger charge is 2.16. The van der Waals surface area contributed by atoms with Gasteiger partial charge in [-0.2, -0.15) is 10.4 Å². The van der Waals surface area contributed by atoms with Crippen LogP contribution in [0.5, 0.6) is 5.75 Å². The Morgan fingerprint density at radius 1 is 1.40 bits per heavy atom. The number of ether oxygens (including phenoxy) is 1. The summed E-state index contributed by atoms with van der Waals surface area (Å²) in [6.45, 7) is 0.186. The van der Waals surface area contributed by atoms with Crippen molar-refractivity contribution in [1.82, 2.24) is 9.78 Å². The van der Waals surface area contributed by atoms with Crippen LogP contribution in [0.15, 0.2) is 51.5 Å². The van der Waals surface area contributed by atoms with Crippen LogP contribution in [0.4, 0.5) is 5.82 Å². The summed E-state index contributed by atoms with van der Waals surface area (Å²) in [6.07, 6.45) is 1.38. The lowest BCUT2D eigenvalue weighted by atomic mass is 10.3. The fourth-order valence-electron chi connectivity index (χ4n) is 2.12. The van der Waals surface area contributed by atoms with Crippen LogP contribution < -0.4 is 10.1 Å². The molecule has 0 aliphatic carbocycles. The number of benzene rings is 1. The number of nitrogens with one attached hydrogen (secondary N) is 1. The number of carbonyl (C=O) groups is 1. The van der Waals surface area contributed by atoms with Gasteiger partial charge >= 0.3 is 0 Å². The molecule has 0 atom stereocenters. The van der Waals surface area contributed by atoms with E-state index in [-0.39, 0.29) is 17.9 Å². The van der Waals surface area contributed by atoms with Crippen molar-refractivity contribution in [1.29, 1.82) is 5.26 Å². The largest absolute Gasteiger partial charge is 0.484 e. The summed E-state index contributed by atoms with van der Waals surface area (Å²) < 4.78 is 13.4. The Labute approximate surface area is 151 Å². The molecule has 8 heteroatoms. The molecule has 3 aromatic rings. The number of rotatable bonds is 5. The molecule has 2 heterocycles. The third kappa shape index (κ3) is 3.72. The van der Waals surface area contributed by atoms with Crippen molar-refractivity contribution in [3.63, 3.8) is 0 Å². The Morgan fingerprint density at radius 3 is 2.96 bits per heavy atom. The van der Waals surface area contributed by atoms with Gasteiger partial charge in [0.25, 0.3) is 5.91 Å². The van der Waals surface area contributed by atoms with Crippen LogP contribution in [0.3, 0.4) is 0 Å². The molecule has 1 amide bonds. The van der Waals surface area contributed by atoms with Crippen LogP contribution in [0.1, 0.15) is 21.9 Å². The maximum absolute atomic E-state index is 12.3. The number of anilines is 1. The predicted octanol–water partition coefficient (Wildman–Crippen LogP) is 3.48. The minimum Gasteiger partial charge on any atom is -0.484 e. The molecular weight excluding hydrogens is 388 g/mol. The lowest BCUT2D eigenvalue weighted by Crippen LogP contribution is -2.14. The molecule has 0 fully saturated rings. The molecule has 0 unspecified atom stereocenters. The Morgan fingerprint density at radius 2 is 2.20 bits per heavy atom. The molecule has 0 saturated carbocycles. The lowest BCUT2D eigenvalue weighted by molar-refractivity contribution is 0.0991. The first-order chi connectivity index (χ1) is 12.1. The normalized spacial score (nSPS) is 10.3.